The fourth-order valence-corrected chi connectivity index (χ4v) is 3.67. The largest absolute Gasteiger partial charge is 0.550 e. The third kappa shape index (κ3) is 3.97. The minimum atomic E-state index is -1.36. The van der Waals surface area contributed by atoms with Gasteiger partial charge in [0.25, 0.3) is 0 Å². The molecule has 0 spiro atoms. The van der Waals surface area contributed by atoms with Crippen molar-refractivity contribution in [2.45, 2.75) is 59.5 Å². The molecule has 2 rings (SSSR count). The van der Waals surface area contributed by atoms with Gasteiger partial charge in [0.2, 0.25) is 5.91 Å². The summed E-state index contributed by atoms with van der Waals surface area (Å²) in [5, 5.41) is 13.4. The van der Waals surface area contributed by atoms with E-state index in [4.69, 9.17) is 4.74 Å². The summed E-state index contributed by atoms with van der Waals surface area (Å²) >= 11 is 0. The highest BCUT2D eigenvalue weighted by molar-refractivity contribution is 6.03. The van der Waals surface area contributed by atoms with Crippen LogP contribution < -0.4 is 10.4 Å². The number of carbonyl (C=O) groups is 3. The number of carboxylic acids is 1. The Balaban J connectivity index is 2.11. The molecule has 0 aromatic heterocycles. The summed E-state index contributed by atoms with van der Waals surface area (Å²) in [4.78, 5) is 35.3. The predicted octanol–water partition coefficient (Wildman–Crippen LogP) is 1.15. The SMILES string of the molecule is CC1=C(C(=O)O[C@H]2C[C@@H](C(C)C)CC[C@@H]2C)[C@@H](CC(=O)[O-])C(=O)N1. The van der Waals surface area contributed by atoms with Crippen molar-refractivity contribution in [2.75, 3.05) is 0 Å². The van der Waals surface area contributed by atoms with Crippen LogP contribution in [0.1, 0.15) is 53.4 Å². The van der Waals surface area contributed by atoms with Crippen LogP contribution in [0.2, 0.25) is 0 Å². The van der Waals surface area contributed by atoms with Crippen molar-refractivity contribution in [1.29, 1.82) is 0 Å². The number of hydrogen-bond acceptors (Lipinski definition) is 5. The number of rotatable bonds is 5. The van der Waals surface area contributed by atoms with Gasteiger partial charge in [-0.15, -0.1) is 0 Å². The van der Waals surface area contributed by atoms with E-state index in [2.05, 4.69) is 26.1 Å². The highest BCUT2D eigenvalue weighted by Crippen LogP contribution is 2.36. The second kappa shape index (κ2) is 7.36. The molecule has 1 amide bonds. The van der Waals surface area contributed by atoms with Gasteiger partial charge in [0, 0.05) is 18.1 Å². The van der Waals surface area contributed by atoms with Crippen LogP contribution in [0.5, 0.6) is 0 Å². The lowest BCUT2D eigenvalue weighted by Gasteiger charge is -2.36. The Morgan fingerprint density at radius 3 is 2.58 bits per heavy atom. The van der Waals surface area contributed by atoms with Crippen LogP contribution in [0.25, 0.3) is 0 Å². The molecule has 0 aromatic carbocycles. The summed E-state index contributed by atoms with van der Waals surface area (Å²) in [6.07, 6.45) is 2.23. The second-order valence-corrected chi connectivity index (χ2v) is 7.39. The van der Waals surface area contributed by atoms with Crippen LogP contribution in [0.15, 0.2) is 11.3 Å². The topological polar surface area (TPSA) is 95.5 Å². The van der Waals surface area contributed by atoms with E-state index in [1.807, 2.05) is 0 Å². The molecule has 0 unspecified atom stereocenters. The van der Waals surface area contributed by atoms with Gasteiger partial charge in [0.05, 0.1) is 11.5 Å². The highest BCUT2D eigenvalue weighted by Gasteiger charge is 2.39. The van der Waals surface area contributed by atoms with E-state index in [1.54, 1.807) is 6.92 Å². The fourth-order valence-electron chi connectivity index (χ4n) is 3.67. The monoisotopic (exact) mass is 336 g/mol. The van der Waals surface area contributed by atoms with Crippen molar-refractivity contribution in [3.05, 3.63) is 11.3 Å². The predicted molar refractivity (Wildman–Crippen MR) is 85.2 cm³/mol. The van der Waals surface area contributed by atoms with Crippen LogP contribution in [0, 0.1) is 23.7 Å². The van der Waals surface area contributed by atoms with E-state index in [0.717, 1.165) is 19.3 Å². The van der Waals surface area contributed by atoms with Gasteiger partial charge in [-0.1, -0.05) is 20.8 Å². The molecule has 0 aromatic rings. The van der Waals surface area contributed by atoms with Crippen molar-refractivity contribution in [3.8, 4) is 0 Å². The van der Waals surface area contributed by atoms with Gasteiger partial charge in [-0.2, -0.15) is 0 Å². The molecule has 1 N–H and O–H groups in total. The van der Waals surface area contributed by atoms with Crippen molar-refractivity contribution in [2.24, 2.45) is 23.7 Å². The van der Waals surface area contributed by atoms with Crippen LogP contribution in [0.4, 0.5) is 0 Å². The lowest BCUT2D eigenvalue weighted by Crippen LogP contribution is -2.36. The molecule has 1 saturated carbocycles. The Morgan fingerprint density at radius 1 is 1.33 bits per heavy atom. The number of carbonyl (C=O) groups excluding carboxylic acids is 3. The summed E-state index contributed by atoms with van der Waals surface area (Å²) in [6, 6.07) is 0. The summed E-state index contributed by atoms with van der Waals surface area (Å²) in [6.45, 7) is 7.99. The molecule has 1 fully saturated rings. The first-order valence-electron chi connectivity index (χ1n) is 8.63. The van der Waals surface area contributed by atoms with E-state index in [0.29, 0.717) is 17.5 Å². The maximum absolute atomic E-state index is 12.6. The number of aliphatic carboxylic acids is 1. The molecule has 2 aliphatic rings. The Hall–Kier alpha value is -1.85. The molecule has 0 radical (unpaired) electrons. The van der Waals surface area contributed by atoms with E-state index < -0.39 is 30.2 Å². The van der Waals surface area contributed by atoms with E-state index in [-0.39, 0.29) is 17.6 Å². The quantitative estimate of drug-likeness (QED) is 0.760. The summed E-state index contributed by atoms with van der Waals surface area (Å²) < 4.78 is 5.70. The molecule has 4 atom stereocenters. The van der Waals surface area contributed by atoms with Gasteiger partial charge >= 0.3 is 5.97 Å². The van der Waals surface area contributed by atoms with Crippen LogP contribution >= 0.6 is 0 Å². The molecular formula is C18H26NO5-. The average molecular weight is 336 g/mol. The van der Waals surface area contributed by atoms with Crippen LogP contribution in [-0.4, -0.2) is 23.9 Å². The summed E-state index contributed by atoms with van der Waals surface area (Å²) in [7, 11) is 0. The standard InChI is InChI=1S/C18H27NO5/c1-9(2)12-6-5-10(3)14(7-12)24-18(23)16-11(4)19-17(22)13(16)8-15(20)21/h9-10,12-14H,5-8H2,1-4H3,(H,19,22)(H,20,21)/p-1/t10-,12-,13+,14-/m0/s1. The highest BCUT2D eigenvalue weighted by atomic mass is 16.5. The first-order chi connectivity index (χ1) is 11.2. The van der Waals surface area contributed by atoms with Crippen molar-refractivity contribution < 1.29 is 24.2 Å². The molecule has 6 heteroatoms. The maximum Gasteiger partial charge on any atom is 0.336 e. The minimum Gasteiger partial charge on any atom is -0.550 e. The number of nitrogens with one attached hydrogen (secondary N) is 1. The number of carboxylic acid groups (broad SMARTS) is 1. The van der Waals surface area contributed by atoms with Gasteiger partial charge in [-0.05, 0) is 43.9 Å². The maximum atomic E-state index is 12.6. The number of allylic oxidation sites excluding steroid dienone is 1. The first kappa shape index (κ1) is 18.5. The van der Waals surface area contributed by atoms with Gasteiger partial charge < -0.3 is 20.0 Å². The van der Waals surface area contributed by atoms with Crippen molar-refractivity contribution in [1.82, 2.24) is 5.32 Å². The molecule has 1 aliphatic carbocycles. The molecule has 0 bridgehead atoms. The van der Waals surface area contributed by atoms with Crippen LogP contribution in [-0.2, 0) is 19.1 Å². The lowest BCUT2D eigenvalue weighted by molar-refractivity contribution is -0.306. The average Bonchev–Trinajstić information content (AvgIpc) is 2.74. The number of hydrogen-bond donors (Lipinski definition) is 1. The van der Waals surface area contributed by atoms with E-state index in [9.17, 15) is 19.5 Å². The molecule has 0 saturated heterocycles. The zero-order valence-corrected chi connectivity index (χ0v) is 14.8. The Labute approximate surface area is 142 Å². The lowest BCUT2D eigenvalue weighted by atomic mass is 9.76. The van der Waals surface area contributed by atoms with Gasteiger partial charge in [0.1, 0.15) is 6.10 Å². The van der Waals surface area contributed by atoms with Gasteiger partial charge in [-0.3, -0.25) is 4.79 Å². The fraction of sp³-hybridized carbons (Fsp3) is 0.722. The molecule has 1 heterocycles. The molecule has 24 heavy (non-hydrogen) atoms. The van der Waals surface area contributed by atoms with Gasteiger partial charge in [0.15, 0.2) is 0 Å². The minimum absolute atomic E-state index is 0.128. The second-order valence-electron chi connectivity index (χ2n) is 7.39. The number of ether oxygens (including phenoxy) is 1. The van der Waals surface area contributed by atoms with E-state index in [1.165, 1.54) is 0 Å². The first-order valence-corrected chi connectivity index (χ1v) is 8.63. The molecule has 6 nitrogen and oxygen atoms in total. The van der Waals surface area contributed by atoms with Crippen molar-refractivity contribution >= 4 is 17.8 Å². The van der Waals surface area contributed by atoms with Gasteiger partial charge in [-0.25, -0.2) is 4.79 Å². The third-order valence-corrected chi connectivity index (χ3v) is 5.33. The van der Waals surface area contributed by atoms with Crippen LogP contribution in [0.3, 0.4) is 0 Å². The third-order valence-electron chi connectivity index (χ3n) is 5.33. The molecule has 134 valence electrons. The van der Waals surface area contributed by atoms with E-state index >= 15 is 0 Å². The number of amides is 1. The molecule has 1 aliphatic heterocycles. The zero-order chi connectivity index (χ0) is 18.0. The zero-order valence-electron chi connectivity index (χ0n) is 14.8. The Kier molecular flexibility index (Phi) is 5.67. The molecular weight excluding hydrogens is 310 g/mol. The summed E-state index contributed by atoms with van der Waals surface area (Å²) in [5.74, 6) is -2.16. The number of esters is 1. The smallest absolute Gasteiger partial charge is 0.336 e. The summed E-state index contributed by atoms with van der Waals surface area (Å²) in [5.41, 5.74) is 0.503. The Bertz CT molecular complexity index is 566. The Morgan fingerprint density at radius 2 is 2.00 bits per heavy atom. The normalized spacial score (nSPS) is 30.5. The van der Waals surface area contributed by atoms with Crippen molar-refractivity contribution in [3.63, 3.8) is 0 Å².